The Kier molecular flexibility index (Phi) is 4.78. The van der Waals surface area contributed by atoms with Crippen molar-refractivity contribution in [1.29, 1.82) is 0 Å². The Bertz CT molecular complexity index is 370. The zero-order valence-electron chi connectivity index (χ0n) is 10.2. The summed E-state index contributed by atoms with van der Waals surface area (Å²) in [7, 11) is 2.97. The first-order valence-corrected chi connectivity index (χ1v) is 5.26. The van der Waals surface area contributed by atoms with Gasteiger partial charge >= 0.3 is 0 Å². The fourth-order valence-electron chi connectivity index (χ4n) is 1.42. The molecule has 5 heteroatoms. The maximum Gasteiger partial charge on any atom is 0.259 e. The molecule has 94 valence electrons. The molecule has 1 rings (SSSR count). The number of carbonyl (C=O) groups excluding carboxylic acids is 1. The van der Waals surface area contributed by atoms with Crippen LogP contribution < -0.4 is 14.8 Å². The van der Waals surface area contributed by atoms with E-state index >= 15 is 0 Å². The van der Waals surface area contributed by atoms with Gasteiger partial charge in [-0.2, -0.15) is 0 Å². The van der Waals surface area contributed by atoms with Crippen LogP contribution in [0.5, 0.6) is 11.5 Å². The second kappa shape index (κ2) is 6.10. The van der Waals surface area contributed by atoms with E-state index in [1.54, 1.807) is 25.1 Å². The summed E-state index contributed by atoms with van der Waals surface area (Å²) in [5, 5.41) is 11.6. The Labute approximate surface area is 100 Å². The van der Waals surface area contributed by atoms with Crippen molar-refractivity contribution < 1.29 is 19.4 Å². The molecule has 0 unspecified atom stereocenters. The number of benzene rings is 1. The van der Waals surface area contributed by atoms with Crippen LogP contribution in [0.4, 0.5) is 0 Å². The van der Waals surface area contributed by atoms with Gasteiger partial charge in [0.2, 0.25) is 0 Å². The van der Waals surface area contributed by atoms with Gasteiger partial charge in [-0.3, -0.25) is 4.79 Å². The van der Waals surface area contributed by atoms with Crippen molar-refractivity contribution in [3.05, 3.63) is 23.8 Å². The fraction of sp³-hybridized carbons (Fsp3) is 0.417. The number of rotatable bonds is 5. The molecular weight excluding hydrogens is 222 g/mol. The van der Waals surface area contributed by atoms with Crippen molar-refractivity contribution in [3.8, 4) is 11.5 Å². The van der Waals surface area contributed by atoms with Crippen molar-refractivity contribution in [1.82, 2.24) is 5.32 Å². The van der Waals surface area contributed by atoms with Crippen molar-refractivity contribution >= 4 is 5.91 Å². The van der Waals surface area contributed by atoms with Crippen molar-refractivity contribution in [2.75, 3.05) is 20.8 Å². The monoisotopic (exact) mass is 239 g/mol. The lowest BCUT2D eigenvalue weighted by atomic mass is 10.1. The molecule has 0 aliphatic carbocycles. The maximum atomic E-state index is 12.0. The lowest BCUT2D eigenvalue weighted by Crippen LogP contribution is -2.35. The third kappa shape index (κ3) is 3.10. The smallest absolute Gasteiger partial charge is 0.259 e. The van der Waals surface area contributed by atoms with Gasteiger partial charge in [-0.25, -0.2) is 0 Å². The number of hydrogen-bond acceptors (Lipinski definition) is 4. The first-order chi connectivity index (χ1) is 8.13. The van der Waals surface area contributed by atoms with Crippen molar-refractivity contribution in [2.24, 2.45) is 0 Å². The second-order valence-electron chi connectivity index (χ2n) is 3.59. The summed E-state index contributed by atoms with van der Waals surface area (Å²) < 4.78 is 10.2. The van der Waals surface area contributed by atoms with Gasteiger partial charge in [0.05, 0.1) is 20.8 Å². The maximum absolute atomic E-state index is 12.0. The van der Waals surface area contributed by atoms with Crippen LogP contribution in [0.2, 0.25) is 0 Å². The Morgan fingerprint density at radius 2 is 1.88 bits per heavy atom. The summed E-state index contributed by atoms with van der Waals surface area (Å²) in [6, 6.07) is 4.78. The van der Waals surface area contributed by atoms with E-state index in [-0.39, 0.29) is 18.6 Å². The zero-order chi connectivity index (χ0) is 12.8. The molecule has 0 radical (unpaired) electrons. The second-order valence-corrected chi connectivity index (χ2v) is 3.59. The van der Waals surface area contributed by atoms with Crippen LogP contribution >= 0.6 is 0 Å². The zero-order valence-corrected chi connectivity index (χ0v) is 10.2. The topological polar surface area (TPSA) is 67.8 Å². The van der Waals surface area contributed by atoms with Gasteiger partial charge < -0.3 is 19.9 Å². The minimum absolute atomic E-state index is 0.122. The molecule has 5 nitrogen and oxygen atoms in total. The minimum Gasteiger partial charge on any atom is -0.496 e. The molecular formula is C12H17NO4. The number of carbonyl (C=O) groups is 1. The lowest BCUT2D eigenvalue weighted by Gasteiger charge is -2.15. The van der Waals surface area contributed by atoms with Gasteiger partial charge in [0.25, 0.3) is 5.91 Å². The SMILES string of the molecule is COc1cccc(OC)c1C(=O)N[C@H](C)CO. The van der Waals surface area contributed by atoms with Crippen LogP contribution in [-0.2, 0) is 0 Å². The minimum atomic E-state index is -0.333. The predicted octanol–water partition coefficient (Wildman–Crippen LogP) is 0.814. The predicted molar refractivity (Wildman–Crippen MR) is 63.6 cm³/mol. The summed E-state index contributed by atoms with van der Waals surface area (Å²) in [6.07, 6.45) is 0. The van der Waals surface area contributed by atoms with Crippen LogP contribution in [0.3, 0.4) is 0 Å². The molecule has 1 amide bonds. The van der Waals surface area contributed by atoms with Crippen LogP contribution in [-0.4, -0.2) is 37.9 Å². The highest BCUT2D eigenvalue weighted by atomic mass is 16.5. The molecule has 0 saturated carbocycles. The molecule has 1 atom stereocenters. The van der Waals surface area contributed by atoms with Gasteiger partial charge in [-0.1, -0.05) is 6.07 Å². The van der Waals surface area contributed by atoms with Crippen molar-refractivity contribution in [2.45, 2.75) is 13.0 Å². The number of ether oxygens (including phenoxy) is 2. The number of amides is 1. The van der Waals surface area contributed by atoms with E-state index in [1.807, 2.05) is 0 Å². The van der Waals surface area contributed by atoms with Gasteiger partial charge in [0.1, 0.15) is 17.1 Å². The highest BCUT2D eigenvalue weighted by Crippen LogP contribution is 2.27. The number of hydrogen-bond donors (Lipinski definition) is 2. The fourth-order valence-corrected chi connectivity index (χ4v) is 1.42. The van der Waals surface area contributed by atoms with Crippen molar-refractivity contribution in [3.63, 3.8) is 0 Å². The largest absolute Gasteiger partial charge is 0.496 e. The first kappa shape index (κ1) is 13.3. The summed E-state index contributed by atoms with van der Waals surface area (Å²) in [5.74, 6) is 0.542. The molecule has 2 N–H and O–H groups in total. The highest BCUT2D eigenvalue weighted by Gasteiger charge is 2.19. The number of methoxy groups -OCH3 is 2. The van der Waals surface area contributed by atoms with Gasteiger partial charge in [-0.05, 0) is 19.1 Å². The number of nitrogens with one attached hydrogen (secondary N) is 1. The molecule has 0 aliphatic rings. The highest BCUT2D eigenvalue weighted by molar-refractivity contribution is 5.99. The third-order valence-electron chi connectivity index (χ3n) is 2.31. The van der Waals surface area contributed by atoms with Crippen LogP contribution in [0.1, 0.15) is 17.3 Å². The standard InChI is InChI=1S/C12H17NO4/c1-8(7-14)13-12(15)11-9(16-2)5-4-6-10(11)17-3/h4-6,8,14H,7H2,1-3H3,(H,13,15)/t8-/m1/s1. The molecule has 0 fully saturated rings. The van der Waals surface area contributed by atoms with Gasteiger partial charge in [-0.15, -0.1) is 0 Å². The summed E-state index contributed by atoms with van der Waals surface area (Å²) in [5.41, 5.74) is 0.331. The summed E-state index contributed by atoms with van der Waals surface area (Å²) in [4.78, 5) is 12.0. The van der Waals surface area contributed by atoms with Crippen LogP contribution in [0.15, 0.2) is 18.2 Å². The van der Waals surface area contributed by atoms with E-state index < -0.39 is 0 Å². The van der Waals surface area contributed by atoms with E-state index in [0.29, 0.717) is 17.1 Å². The molecule has 1 aromatic rings. The van der Waals surface area contributed by atoms with E-state index in [4.69, 9.17) is 14.6 Å². The molecule has 0 spiro atoms. The van der Waals surface area contributed by atoms with Gasteiger partial charge in [0, 0.05) is 6.04 Å². The summed E-state index contributed by atoms with van der Waals surface area (Å²) in [6.45, 7) is 1.59. The van der Waals surface area contributed by atoms with E-state index in [0.717, 1.165) is 0 Å². The first-order valence-electron chi connectivity index (χ1n) is 5.26. The molecule has 0 heterocycles. The number of aliphatic hydroxyl groups is 1. The lowest BCUT2D eigenvalue weighted by molar-refractivity contribution is 0.0916. The number of aliphatic hydroxyl groups excluding tert-OH is 1. The van der Waals surface area contributed by atoms with E-state index in [9.17, 15) is 4.79 Å². The molecule has 17 heavy (non-hydrogen) atoms. The van der Waals surface area contributed by atoms with E-state index in [2.05, 4.69) is 5.32 Å². The Hall–Kier alpha value is -1.75. The van der Waals surface area contributed by atoms with Crippen LogP contribution in [0, 0.1) is 0 Å². The van der Waals surface area contributed by atoms with Gasteiger partial charge in [0.15, 0.2) is 0 Å². The molecule has 0 aromatic heterocycles. The summed E-state index contributed by atoms with van der Waals surface area (Å²) >= 11 is 0. The molecule has 0 aliphatic heterocycles. The Morgan fingerprint density at radius 1 is 1.35 bits per heavy atom. The Morgan fingerprint density at radius 3 is 2.29 bits per heavy atom. The molecule has 0 saturated heterocycles. The average molecular weight is 239 g/mol. The van der Waals surface area contributed by atoms with E-state index in [1.165, 1.54) is 14.2 Å². The normalized spacial score (nSPS) is 11.8. The molecule has 1 aromatic carbocycles. The third-order valence-corrected chi connectivity index (χ3v) is 2.31. The quantitative estimate of drug-likeness (QED) is 0.798. The molecule has 0 bridgehead atoms. The average Bonchev–Trinajstić information content (AvgIpc) is 2.37. The Balaban J connectivity index is 3.05. The van der Waals surface area contributed by atoms with Crippen LogP contribution in [0.25, 0.3) is 0 Å².